The van der Waals surface area contributed by atoms with Crippen LogP contribution in [0.5, 0.6) is 0 Å². The van der Waals surface area contributed by atoms with Gasteiger partial charge in [0.15, 0.2) is 0 Å². The molecule has 0 aliphatic heterocycles. The van der Waals surface area contributed by atoms with Crippen LogP contribution in [0.25, 0.3) is 38.9 Å². The van der Waals surface area contributed by atoms with Gasteiger partial charge < -0.3 is 10.8 Å². The molecule has 3 aromatic heterocycles. The van der Waals surface area contributed by atoms with E-state index in [1.165, 1.54) is 0 Å². The van der Waals surface area contributed by atoms with Crippen LogP contribution in [0.4, 0.5) is 5.69 Å². The highest BCUT2D eigenvalue weighted by atomic mass is 16.3. The normalized spacial score (nSPS) is 20.5. The molecule has 5 aromatic rings. The van der Waals surface area contributed by atoms with Crippen LogP contribution in [0.2, 0.25) is 0 Å². The Balaban J connectivity index is 1.52. The number of fused-ring (bicyclic) bond motifs is 2. The highest BCUT2D eigenvalue weighted by Gasteiger charge is 2.41. The highest BCUT2D eigenvalue weighted by molar-refractivity contribution is 6.00. The summed E-state index contributed by atoms with van der Waals surface area (Å²) in [5.74, 6) is 1.15. The average molecular weight is 422 g/mol. The molecule has 0 amide bonds. The Kier molecular flexibility index (Phi) is 4.07. The van der Waals surface area contributed by atoms with Crippen molar-refractivity contribution < 1.29 is 5.11 Å². The molecule has 32 heavy (non-hydrogen) atoms. The number of pyridine rings is 1. The molecule has 6 heteroatoms. The minimum absolute atomic E-state index is 0.207. The molecular formula is C26H23N5O. The molecule has 0 unspecified atom stereocenters. The number of imidazole rings is 1. The summed E-state index contributed by atoms with van der Waals surface area (Å²) in [5, 5.41) is 11.2. The Morgan fingerprint density at radius 3 is 2.59 bits per heavy atom. The number of benzene rings is 2. The van der Waals surface area contributed by atoms with Crippen molar-refractivity contribution in [3.8, 4) is 22.5 Å². The molecule has 1 aliphatic carbocycles. The summed E-state index contributed by atoms with van der Waals surface area (Å²) >= 11 is 0. The fourth-order valence-corrected chi connectivity index (χ4v) is 4.82. The summed E-state index contributed by atoms with van der Waals surface area (Å²) in [6.45, 7) is 1.87. The molecule has 1 saturated carbocycles. The number of aliphatic hydroxyl groups is 1. The predicted octanol–water partition coefficient (Wildman–Crippen LogP) is 4.82. The van der Waals surface area contributed by atoms with Crippen LogP contribution in [-0.4, -0.2) is 30.1 Å². The van der Waals surface area contributed by atoms with Gasteiger partial charge in [0.1, 0.15) is 11.5 Å². The maximum atomic E-state index is 10.2. The number of nitrogen functional groups attached to an aromatic ring is 1. The SMILES string of the molecule is CC1(O)CC(c2nc(-c3ccc4ccc(-c5ccccc5)nc4c3N)c3cnccn23)C1. The van der Waals surface area contributed by atoms with E-state index in [-0.39, 0.29) is 5.92 Å². The third-order valence-corrected chi connectivity index (χ3v) is 6.44. The first-order valence-electron chi connectivity index (χ1n) is 10.8. The molecule has 0 saturated heterocycles. The molecule has 0 spiro atoms. The zero-order valence-electron chi connectivity index (χ0n) is 17.7. The number of hydrogen-bond acceptors (Lipinski definition) is 5. The number of nitrogens with two attached hydrogens (primary N) is 1. The number of anilines is 1. The smallest absolute Gasteiger partial charge is 0.117 e. The number of aromatic nitrogens is 4. The van der Waals surface area contributed by atoms with Gasteiger partial charge in [0.2, 0.25) is 0 Å². The minimum atomic E-state index is -0.622. The Hall–Kier alpha value is -3.77. The number of hydrogen-bond donors (Lipinski definition) is 2. The van der Waals surface area contributed by atoms with Gasteiger partial charge in [0.25, 0.3) is 0 Å². The standard InChI is InChI=1S/C26H23N5O/c1-26(32)13-18(14-26)25-30-24(21-15-28-11-12-31(21)25)19-9-7-17-8-10-20(29-23(17)22(19)27)16-5-3-2-4-6-16/h2-12,15,18,32H,13-14,27H2,1H3. The zero-order chi connectivity index (χ0) is 21.9. The fourth-order valence-electron chi connectivity index (χ4n) is 4.82. The minimum Gasteiger partial charge on any atom is -0.396 e. The largest absolute Gasteiger partial charge is 0.396 e. The van der Waals surface area contributed by atoms with E-state index in [0.29, 0.717) is 18.5 Å². The second kappa shape index (κ2) is 6.87. The average Bonchev–Trinajstić information content (AvgIpc) is 3.17. The summed E-state index contributed by atoms with van der Waals surface area (Å²) < 4.78 is 2.07. The van der Waals surface area contributed by atoms with Gasteiger partial charge in [-0.15, -0.1) is 0 Å². The van der Waals surface area contributed by atoms with E-state index >= 15 is 0 Å². The first kappa shape index (κ1) is 19.0. The first-order valence-corrected chi connectivity index (χ1v) is 10.8. The van der Waals surface area contributed by atoms with E-state index in [1.54, 1.807) is 6.20 Å². The van der Waals surface area contributed by atoms with E-state index in [0.717, 1.165) is 44.8 Å². The maximum absolute atomic E-state index is 10.2. The molecule has 0 atom stereocenters. The van der Waals surface area contributed by atoms with Crippen molar-refractivity contribution in [3.05, 3.63) is 79.0 Å². The van der Waals surface area contributed by atoms with Gasteiger partial charge in [0, 0.05) is 34.8 Å². The monoisotopic (exact) mass is 421 g/mol. The second-order valence-corrected chi connectivity index (χ2v) is 8.91. The van der Waals surface area contributed by atoms with Gasteiger partial charge >= 0.3 is 0 Å². The van der Waals surface area contributed by atoms with Gasteiger partial charge in [-0.3, -0.25) is 9.38 Å². The Morgan fingerprint density at radius 1 is 1.03 bits per heavy atom. The maximum Gasteiger partial charge on any atom is 0.117 e. The molecule has 3 heterocycles. The van der Waals surface area contributed by atoms with Crippen molar-refractivity contribution in [1.29, 1.82) is 0 Å². The third kappa shape index (κ3) is 2.95. The van der Waals surface area contributed by atoms with Gasteiger partial charge in [-0.05, 0) is 31.9 Å². The topological polar surface area (TPSA) is 89.3 Å². The molecule has 1 fully saturated rings. The van der Waals surface area contributed by atoms with Crippen LogP contribution in [0.1, 0.15) is 31.5 Å². The lowest BCUT2D eigenvalue weighted by Crippen LogP contribution is -2.40. The van der Waals surface area contributed by atoms with Crippen molar-refractivity contribution in [1.82, 2.24) is 19.4 Å². The van der Waals surface area contributed by atoms with E-state index < -0.39 is 5.60 Å². The predicted molar refractivity (Wildman–Crippen MR) is 126 cm³/mol. The Morgan fingerprint density at radius 2 is 1.81 bits per heavy atom. The lowest BCUT2D eigenvalue weighted by molar-refractivity contribution is -0.0335. The van der Waals surface area contributed by atoms with Gasteiger partial charge in [0.05, 0.1) is 34.2 Å². The molecule has 6 rings (SSSR count). The first-order chi connectivity index (χ1) is 15.5. The van der Waals surface area contributed by atoms with Crippen LogP contribution in [0, 0.1) is 0 Å². The second-order valence-electron chi connectivity index (χ2n) is 8.91. The molecule has 0 bridgehead atoms. The summed E-state index contributed by atoms with van der Waals surface area (Å²) in [7, 11) is 0. The molecule has 3 N–H and O–H groups in total. The Labute approximate surface area is 185 Å². The molecular weight excluding hydrogens is 398 g/mol. The highest BCUT2D eigenvalue weighted by Crippen LogP contribution is 2.45. The van der Waals surface area contributed by atoms with Gasteiger partial charge in [-0.2, -0.15) is 0 Å². The van der Waals surface area contributed by atoms with Crippen molar-refractivity contribution in [2.24, 2.45) is 0 Å². The van der Waals surface area contributed by atoms with Crippen molar-refractivity contribution in [3.63, 3.8) is 0 Å². The fraction of sp³-hybridized carbons (Fsp3) is 0.192. The summed E-state index contributed by atoms with van der Waals surface area (Å²) in [6, 6.07) is 18.2. The van der Waals surface area contributed by atoms with Crippen LogP contribution in [0.15, 0.2) is 73.2 Å². The zero-order valence-corrected chi connectivity index (χ0v) is 17.7. The van der Waals surface area contributed by atoms with E-state index in [9.17, 15) is 5.11 Å². The van der Waals surface area contributed by atoms with Crippen molar-refractivity contribution in [2.45, 2.75) is 31.3 Å². The van der Waals surface area contributed by atoms with Crippen LogP contribution in [-0.2, 0) is 0 Å². The molecule has 2 aromatic carbocycles. The lowest BCUT2D eigenvalue weighted by atomic mass is 9.72. The number of rotatable bonds is 3. The van der Waals surface area contributed by atoms with Gasteiger partial charge in [-0.1, -0.05) is 42.5 Å². The van der Waals surface area contributed by atoms with Gasteiger partial charge in [-0.25, -0.2) is 9.97 Å². The van der Waals surface area contributed by atoms with Crippen molar-refractivity contribution in [2.75, 3.05) is 5.73 Å². The van der Waals surface area contributed by atoms with E-state index in [2.05, 4.69) is 15.5 Å². The molecule has 158 valence electrons. The van der Waals surface area contributed by atoms with Crippen LogP contribution in [0.3, 0.4) is 0 Å². The van der Waals surface area contributed by atoms with Crippen LogP contribution < -0.4 is 5.73 Å². The molecule has 1 aliphatic rings. The van der Waals surface area contributed by atoms with E-state index in [4.69, 9.17) is 15.7 Å². The Bertz CT molecular complexity index is 1460. The van der Waals surface area contributed by atoms with Crippen molar-refractivity contribution >= 4 is 22.1 Å². The lowest BCUT2D eigenvalue weighted by Gasteiger charge is -2.40. The summed E-state index contributed by atoms with van der Waals surface area (Å²) in [5.41, 5.74) is 11.9. The van der Waals surface area contributed by atoms with E-state index in [1.807, 2.05) is 67.8 Å². The molecule has 6 nitrogen and oxygen atoms in total. The third-order valence-electron chi connectivity index (χ3n) is 6.44. The summed E-state index contributed by atoms with van der Waals surface area (Å²) in [6.07, 6.45) is 6.90. The number of nitrogens with zero attached hydrogens (tertiary/aromatic N) is 4. The summed E-state index contributed by atoms with van der Waals surface area (Å²) in [4.78, 5) is 14.2. The quantitative estimate of drug-likeness (QED) is 0.408. The van der Waals surface area contributed by atoms with Crippen LogP contribution >= 0.6 is 0 Å². The molecule has 0 radical (unpaired) electrons.